The number of amides is 3. The zero-order valence-electron chi connectivity index (χ0n) is 19.4. The van der Waals surface area contributed by atoms with Gasteiger partial charge in [0, 0.05) is 18.0 Å². The molecule has 3 aromatic rings. The van der Waals surface area contributed by atoms with Crippen LogP contribution < -0.4 is 27.0 Å². The average Bonchev–Trinajstić information content (AvgIpc) is 3.35. The lowest BCUT2D eigenvalue weighted by molar-refractivity contribution is -0.127. The van der Waals surface area contributed by atoms with Gasteiger partial charge in [-0.1, -0.05) is 48.5 Å². The van der Waals surface area contributed by atoms with E-state index < -0.39 is 12.1 Å². The van der Waals surface area contributed by atoms with Gasteiger partial charge in [0.1, 0.15) is 6.04 Å². The molecule has 182 valence electrons. The molecule has 9 heteroatoms. The topological polar surface area (TPSA) is 138 Å². The van der Waals surface area contributed by atoms with Crippen LogP contribution in [0.1, 0.15) is 18.4 Å². The summed E-state index contributed by atoms with van der Waals surface area (Å²) in [7, 11) is 0. The van der Waals surface area contributed by atoms with Crippen molar-refractivity contribution >= 4 is 34.3 Å². The van der Waals surface area contributed by atoms with E-state index >= 15 is 0 Å². The Bertz CT molecular complexity index is 1190. The van der Waals surface area contributed by atoms with Gasteiger partial charge >= 0.3 is 0 Å². The average molecular weight is 475 g/mol. The van der Waals surface area contributed by atoms with E-state index in [9.17, 15) is 14.4 Å². The molecule has 0 aliphatic carbocycles. The van der Waals surface area contributed by atoms with Crippen molar-refractivity contribution in [3.05, 3.63) is 72.4 Å². The first-order chi connectivity index (χ1) is 17.0. The molecule has 3 atom stereocenters. The third kappa shape index (κ3) is 6.62. The van der Waals surface area contributed by atoms with Gasteiger partial charge in [-0.2, -0.15) is 0 Å². The number of nitrogens with zero attached hydrogens (tertiary/aromatic N) is 1. The SMILES string of the molecule is NCC(=O)N[C@H]1CN[C@@H](C(=O)NC(CCc2ccccc2)C(=O)Nc2cnc3ccccc3c2)C1. The lowest BCUT2D eigenvalue weighted by Gasteiger charge is -2.21. The van der Waals surface area contributed by atoms with Crippen molar-refractivity contribution in [1.29, 1.82) is 0 Å². The fraction of sp³-hybridized carbons (Fsp3) is 0.308. The number of nitrogens with two attached hydrogens (primary N) is 1. The summed E-state index contributed by atoms with van der Waals surface area (Å²) in [5.41, 5.74) is 7.84. The molecular formula is C26H30N6O3. The van der Waals surface area contributed by atoms with Crippen LogP contribution in [0.3, 0.4) is 0 Å². The molecule has 3 amide bonds. The Hall–Kier alpha value is -3.82. The van der Waals surface area contributed by atoms with Crippen molar-refractivity contribution in [3.63, 3.8) is 0 Å². The van der Waals surface area contributed by atoms with Crippen LogP contribution in [0.4, 0.5) is 5.69 Å². The normalized spacial score (nSPS) is 18.1. The number of carbonyl (C=O) groups is 3. The number of benzene rings is 2. The molecule has 1 aliphatic rings. The van der Waals surface area contributed by atoms with Gasteiger partial charge in [-0.05, 0) is 37.0 Å². The zero-order valence-corrected chi connectivity index (χ0v) is 19.4. The number of para-hydroxylation sites is 1. The van der Waals surface area contributed by atoms with Gasteiger partial charge < -0.3 is 27.0 Å². The molecule has 2 aromatic carbocycles. The van der Waals surface area contributed by atoms with Crippen molar-refractivity contribution < 1.29 is 14.4 Å². The summed E-state index contributed by atoms with van der Waals surface area (Å²) < 4.78 is 0. The lowest BCUT2D eigenvalue weighted by atomic mass is 10.0. The number of carbonyl (C=O) groups excluding carboxylic acids is 3. The second-order valence-electron chi connectivity index (χ2n) is 8.66. The molecule has 1 aromatic heterocycles. The summed E-state index contributed by atoms with van der Waals surface area (Å²) >= 11 is 0. The molecule has 1 saturated heterocycles. The first-order valence-electron chi connectivity index (χ1n) is 11.7. The summed E-state index contributed by atoms with van der Waals surface area (Å²) in [6, 6.07) is 17.9. The number of nitrogens with one attached hydrogen (secondary N) is 4. The molecule has 1 aliphatic heterocycles. The number of aryl methyl sites for hydroxylation is 1. The predicted molar refractivity (Wildman–Crippen MR) is 134 cm³/mol. The second-order valence-corrected chi connectivity index (χ2v) is 8.66. The van der Waals surface area contributed by atoms with E-state index in [2.05, 4.69) is 26.3 Å². The summed E-state index contributed by atoms with van der Waals surface area (Å²) in [6.07, 6.45) is 3.10. The maximum Gasteiger partial charge on any atom is 0.247 e. The lowest BCUT2D eigenvalue weighted by Crippen LogP contribution is -2.50. The minimum atomic E-state index is -0.742. The first kappa shape index (κ1) is 24.3. The van der Waals surface area contributed by atoms with E-state index in [4.69, 9.17) is 5.73 Å². The van der Waals surface area contributed by atoms with Crippen LogP contribution in [0.25, 0.3) is 10.9 Å². The Balaban J connectivity index is 1.43. The van der Waals surface area contributed by atoms with E-state index in [1.54, 1.807) is 6.20 Å². The molecule has 0 radical (unpaired) electrons. The fourth-order valence-electron chi connectivity index (χ4n) is 4.20. The molecule has 0 bridgehead atoms. The fourth-order valence-corrected chi connectivity index (χ4v) is 4.20. The molecule has 9 nitrogen and oxygen atoms in total. The summed E-state index contributed by atoms with van der Waals surface area (Å²) in [6.45, 7) is 0.367. The van der Waals surface area contributed by atoms with E-state index in [0.29, 0.717) is 31.5 Å². The standard InChI is InChI=1S/C26H30N6O3/c27-14-24(33)30-20-13-23(29-16-20)26(35)32-22(11-10-17-6-2-1-3-7-17)25(34)31-19-12-18-8-4-5-9-21(18)28-15-19/h1-9,12,15,20,22-23,29H,10-11,13-14,16,27H2,(H,30,33)(H,31,34)(H,32,35)/t20-,22?,23-/m1/s1. The van der Waals surface area contributed by atoms with Crippen molar-refractivity contribution in [3.8, 4) is 0 Å². The first-order valence-corrected chi connectivity index (χ1v) is 11.7. The second kappa shape index (κ2) is 11.5. The van der Waals surface area contributed by atoms with Crippen molar-refractivity contribution in [2.75, 3.05) is 18.4 Å². The number of hydrogen-bond donors (Lipinski definition) is 5. The van der Waals surface area contributed by atoms with Crippen LogP contribution in [0.5, 0.6) is 0 Å². The molecule has 2 heterocycles. The molecule has 1 unspecified atom stereocenters. The van der Waals surface area contributed by atoms with E-state index in [1.165, 1.54) is 0 Å². The molecular weight excluding hydrogens is 444 g/mol. The maximum absolute atomic E-state index is 13.2. The Morgan fingerprint density at radius 2 is 1.86 bits per heavy atom. The Morgan fingerprint density at radius 3 is 2.66 bits per heavy atom. The maximum atomic E-state index is 13.2. The minimum Gasteiger partial charge on any atom is -0.351 e. The van der Waals surface area contributed by atoms with Crippen LogP contribution in [0.15, 0.2) is 66.9 Å². The van der Waals surface area contributed by atoms with Crippen LogP contribution in [0.2, 0.25) is 0 Å². The highest BCUT2D eigenvalue weighted by Gasteiger charge is 2.32. The predicted octanol–water partition coefficient (Wildman–Crippen LogP) is 1.10. The molecule has 6 N–H and O–H groups in total. The number of anilines is 1. The van der Waals surface area contributed by atoms with Gasteiger partial charge in [-0.25, -0.2) is 0 Å². The third-order valence-electron chi connectivity index (χ3n) is 6.05. The quantitative estimate of drug-likeness (QED) is 0.315. The van der Waals surface area contributed by atoms with Crippen molar-refractivity contribution in [2.24, 2.45) is 5.73 Å². The van der Waals surface area contributed by atoms with E-state index in [1.807, 2.05) is 60.7 Å². The Morgan fingerprint density at radius 1 is 1.09 bits per heavy atom. The summed E-state index contributed by atoms with van der Waals surface area (Å²) in [5.74, 6) is -0.848. The van der Waals surface area contributed by atoms with Crippen LogP contribution in [-0.2, 0) is 20.8 Å². The van der Waals surface area contributed by atoms with Crippen LogP contribution >= 0.6 is 0 Å². The van der Waals surface area contributed by atoms with E-state index in [0.717, 1.165) is 16.5 Å². The molecule has 0 spiro atoms. The minimum absolute atomic E-state index is 0.0985. The number of aromatic nitrogens is 1. The highest BCUT2D eigenvalue weighted by molar-refractivity contribution is 5.99. The number of pyridine rings is 1. The number of rotatable bonds is 9. The van der Waals surface area contributed by atoms with Crippen molar-refractivity contribution in [2.45, 2.75) is 37.4 Å². The van der Waals surface area contributed by atoms with Crippen LogP contribution in [0, 0.1) is 0 Å². The van der Waals surface area contributed by atoms with Crippen LogP contribution in [-0.4, -0.2) is 53.9 Å². The highest BCUT2D eigenvalue weighted by Crippen LogP contribution is 2.17. The highest BCUT2D eigenvalue weighted by atomic mass is 16.2. The largest absolute Gasteiger partial charge is 0.351 e. The van der Waals surface area contributed by atoms with Gasteiger partial charge in [0.2, 0.25) is 17.7 Å². The molecule has 35 heavy (non-hydrogen) atoms. The monoisotopic (exact) mass is 474 g/mol. The molecule has 1 fully saturated rings. The zero-order chi connectivity index (χ0) is 24.6. The molecule has 0 saturated carbocycles. The van der Waals surface area contributed by atoms with E-state index in [-0.39, 0.29) is 30.3 Å². The number of fused-ring (bicyclic) bond motifs is 1. The Kier molecular flexibility index (Phi) is 8.02. The van der Waals surface area contributed by atoms with Gasteiger partial charge in [0.15, 0.2) is 0 Å². The van der Waals surface area contributed by atoms with Gasteiger partial charge in [-0.3, -0.25) is 19.4 Å². The smallest absolute Gasteiger partial charge is 0.247 e. The third-order valence-corrected chi connectivity index (χ3v) is 6.05. The summed E-state index contributed by atoms with van der Waals surface area (Å²) in [4.78, 5) is 42.2. The van der Waals surface area contributed by atoms with Crippen molar-refractivity contribution in [1.82, 2.24) is 20.9 Å². The van der Waals surface area contributed by atoms with Gasteiger partial charge in [0.25, 0.3) is 0 Å². The Labute approximate surface area is 203 Å². The summed E-state index contributed by atoms with van der Waals surface area (Å²) in [5, 5.41) is 12.6. The van der Waals surface area contributed by atoms with Gasteiger partial charge in [-0.15, -0.1) is 0 Å². The number of hydrogen-bond acceptors (Lipinski definition) is 6. The van der Waals surface area contributed by atoms with Gasteiger partial charge in [0.05, 0.1) is 30.0 Å². The molecule has 4 rings (SSSR count).